The van der Waals surface area contributed by atoms with Gasteiger partial charge in [-0.1, -0.05) is 25.0 Å². The van der Waals surface area contributed by atoms with Crippen LogP contribution in [0.5, 0.6) is 0 Å². The molecular formula is C22H21FN4O. The summed E-state index contributed by atoms with van der Waals surface area (Å²) in [5, 5.41) is 8.50. The number of aromatic nitrogens is 3. The number of rotatable bonds is 1. The molecule has 6 heteroatoms. The number of hydrogen-bond donors (Lipinski definition) is 1. The second-order valence-corrected chi connectivity index (χ2v) is 7.62. The zero-order chi connectivity index (χ0) is 19.1. The molecule has 1 aromatic heterocycles. The van der Waals surface area contributed by atoms with Crippen LogP contribution in [0.1, 0.15) is 38.5 Å². The Morgan fingerprint density at radius 2 is 1.68 bits per heavy atom. The van der Waals surface area contributed by atoms with E-state index in [2.05, 4.69) is 10.3 Å². The molecule has 2 heterocycles. The van der Waals surface area contributed by atoms with Crippen molar-refractivity contribution in [1.29, 1.82) is 0 Å². The Kier molecular flexibility index (Phi) is 4.00. The van der Waals surface area contributed by atoms with Crippen molar-refractivity contribution in [2.24, 2.45) is 0 Å². The van der Waals surface area contributed by atoms with Crippen molar-refractivity contribution in [2.75, 3.05) is 5.32 Å². The molecule has 1 saturated carbocycles. The van der Waals surface area contributed by atoms with Crippen molar-refractivity contribution in [2.45, 2.75) is 44.2 Å². The first-order valence-corrected chi connectivity index (χ1v) is 9.82. The number of anilines is 1. The topological polar surface area (TPSA) is 59.8 Å². The fraction of sp³-hybridized carbons (Fsp3) is 0.318. The zero-order valence-electron chi connectivity index (χ0n) is 15.5. The van der Waals surface area contributed by atoms with Gasteiger partial charge in [-0.15, -0.1) is 0 Å². The Labute approximate surface area is 162 Å². The fourth-order valence-electron chi connectivity index (χ4n) is 4.39. The van der Waals surface area contributed by atoms with Crippen LogP contribution in [0.2, 0.25) is 0 Å². The van der Waals surface area contributed by atoms with Gasteiger partial charge in [0.05, 0.1) is 0 Å². The van der Waals surface area contributed by atoms with E-state index in [9.17, 15) is 9.18 Å². The number of benzene rings is 2. The Morgan fingerprint density at radius 1 is 0.964 bits per heavy atom. The molecule has 0 amide bonds. The number of halogens is 1. The van der Waals surface area contributed by atoms with Gasteiger partial charge in [0.25, 0.3) is 5.56 Å². The maximum absolute atomic E-state index is 13.3. The van der Waals surface area contributed by atoms with E-state index in [0.717, 1.165) is 36.9 Å². The van der Waals surface area contributed by atoms with Gasteiger partial charge in [-0.25, -0.2) is 9.07 Å². The summed E-state index contributed by atoms with van der Waals surface area (Å²) < 4.78 is 15.3. The van der Waals surface area contributed by atoms with Gasteiger partial charge >= 0.3 is 0 Å². The highest BCUT2D eigenvalue weighted by atomic mass is 19.1. The number of nitrogens with one attached hydrogen (secondary N) is 1. The van der Waals surface area contributed by atoms with E-state index in [1.807, 2.05) is 28.9 Å². The van der Waals surface area contributed by atoms with E-state index >= 15 is 0 Å². The summed E-state index contributed by atoms with van der Waals surface area (Å²) >= 11 is 0. The van der Waals surface area contributed by atoms with Crippen LogP contribution >= 0.6 is 0 Å². The molecule has 2 aliphatic rings. The predicted octanol–water partition coefficient (Wildman–Crippen LogP) is 4.54. The minimum atomic E-state index is -0.393. The van der Waals surface area contributed by atoms with Crippen LogP contribution in [-0.2, 0) is 5.66 Å². The van der Waals surface area contributed by atoms with Crippen LogP contribution in [0.15, 0.2) is 53.3 Å². The molecule has 0 radical (unpaired) electrons. The largest absolute Gasteiger partial charge is 0.361 e. The molecule has 1 N–H and O–H groups in total. The smallest absolute Gasteiger partial charge is 0.300 e. The average Bonchev–Trinajstić information content (AvgIpc) is 2.95. The molecule has 1 aliphatic carbocycles. The van der Waals surface area contributed by atoms with Gasteiger partial charge in [-0.2, -0.15) is 10.1 Å². The van der Waals surface area contributed by atoms with E-state index in [1.165, 1.54) is 25.0 Å². The molecule has 1 aliphatic heterocycles. The van der Waals surface area contributed by atoms with Gasteiger partial charge in [-0.05, 0) is 62.1 Å². The first-order valence-electron chi connectivity index (χ1n) is 9.82. The summed E-state index contributed by atoms with van der Waals surface area (Å²) in [7, 11) is 0. The molecule has 1 fully saturated rings. The standard InChI is InChI=1S/C22H21FN4O/c23-16-11-9-15(10-12-16)19-21(28)24-20-17-7-3-4-8-18(17)25-22(27(20)26-19)13-5-1-2-6-14-22/h3-4,7-12,25H,1-2,5-6,13-14H2. The Bertz CT molecular complexity index is 1080. The highest BCUT2D eigenvalue weighted by Gasteiger charge is 2.40. The van der Waals surface area contributed by atoms with Crippen LogP contribution in [0.4, 0.5) is 10.1 Å². The molecule has 142 valence electrons. The molecule has 5 nitrogen and oxygen atoms in total. The van der Waals surface area contributed by atoms with Crippen molar-refractivity contribution in [3.05, 3.63) is 64.7 Å². The monoisotopic (exact) mass is 376 g/mol. The molecule has 28 heavy (non-hydrogen) atoms. The first kappa shape index (κ1) is 17.1. The molecule has 2 aromatic carbocycles. The third-order valence-electron chi connectivity index (χ3n) is 5.80. The van der Waals surface area contributed by atoms with Crippen molar-refractivity contribution in [1.82, 2.24) is 14.8 Å². The van der Waals surface area contributed by atoms with Gasteiger partial charge < -0.3 is 5.32 Å². The highest BCUT2D eigenvalue weighted by Crippen LogP contribution is 2.43. The molecular weight excluding hydrogens is 355 g/mol. The van der Waals surface area contributed by atoms with Crippen LogP contribution < -0.4 is 10.9 Å². The van der Waals surface area contributed by atoms with Gasteiger partial charge in [-0.3, -0.25) is 4.79 Å². The molecule has 5 rings (SSSR count). The number of nitrogens with zero attached hydrogens (tertiary/aromatic N) is 3. The second kappa shape index (κ2) is 6.55. The van der Waals surface area contributed by atoms with Crippen molar-refractivity contribution in [3.8, 4) is 22.6 Å². The van der Waals surface area contributed by atoms with Crippen molar-refractivity contribution < 1.29 is 4.39 Å². The SMILES string of the molecule is O=c1nc2n(nc1-c1ccc(F)cc1)C1(CCCCCC1)Nc1ccccc1-2. The molecule has 0 unspecified atom stereocenters. The van der Waals surface area contributed by atoms with Gasteiger partial charge in [0.1, 0.15) is 11.5 Å². The summed E-state index contributed by atoms with van der Waals surface area (Å²) in [5.41, 5.74) is 1.93. The Morgan fingerprint density at radius 3 is 2.43 bits per heavy atom. The molecule has 0 bridgehead atoms. The van der Waals surface area contributed by atoms with E-state index in [1.54, 1.807) is 12.1 Å². The van der Waals surface area contributed by atoms with Gasteiger partial charge in [0, 0.05) is 16.8 Å². The van der Waals surface area contributed by atoms with Crippen LogP contribution in [-0.4, -0.2) is 14.8 Å². The minimum Gasteiger partial charge on any atom is -0.361 e. The summed E-state index contributed by atoms with van der Waals surface area (Å²) in [6, 6.07) is 13.8. The lowest BCUT2D eigenvalue weighted by molar-refractivity contribution is 0.253. The third kappa shape index (κ3) is 2.71. The van der Waals surface area contributed by atoms with Gasteiger partial charge in [0.2, 0.25) is 0 Å². The number of fused-ring (bicyclic) bond motifs is 4. The molecule has 1 spiro atoms. The lowest BCUT2D eigenvalue weighted by Crippen LogP contribution is -2.47. The first-order chi connectivity index (χ1) is 13.7. The number of para-hydroxylation sites is 1. The highest BCUT2D eigenvalue weighted by molar-refractivity contribution is 5.76. The Balaban J connectivity index is 1.75. The minimum absolute atomic E-state index is 0.258. The Hall–Kier alpha value is -3.02. The maximum atomic E-state index is 13.3. The molecule has 3 aromatic rings. The van der Waals surface area contributed by atoms with Gasteiger partial charge in [0.15, 0.2) is 11.5 Å². The zero-order valence-corrected chi connectivity index (χ0v) is 15.5. The van der Waals surface area contributed by atoms with Crippen molar-refractivity contribution >= 4 is 5.69 Å². The third-order valence-corrected chi connectivity index (χ3v) is 5.80. The van der Waals surface area contributed by atoms with E-state index in [0.29, 0.717) is 11.4 Å². The summed E-state index contributed by atoms with van der Waals surface area (Å²) in [4.78, 5) is 17.3. The van der Waals surface area contributed by atoms with Crippen LogP contribution in [0.3, 0.4) is 0 Å². The van der Waals surface area contributed by atoms with E-state index in [4.69, 9.17) is 5.10 Å². The predicted molar refractivity (Wildman–Crippen MR) is 106 cm³/mol. The summed E-state index contributed by atoms with van der Waals surface area (Å²) in [6.45, 7) is 0. The van der Waals surface area contributed by atoms with E-state index in [-0.39, 0.29) is 11.5 Å². The quantitative estimate of drug-likeness (QED) is 0.677. The van der Waals surface area contributed by atoms with E-state index < -0.39 is 11.2 Å². The lowest BCUT2D eigenvalue weighted by atomic mass is 9.95. The second-order valence-electron chi connectivity index (χ2n) is 7.62. The number of hydrogen-bond acceptors (Lipinski definition) is 4. The average molecular weight is 376 g/mol. The maximum Gasteiger partial charge on any atom is 0.300 e. The summed E-state index contributed by atoms with van der Waals surface area (Å²) in [5.74, 6) is 0.262. The fourth-order valence-corrected chi connectivity index (χ4v) is 4.39. The molecule has 0 saturated heterocycles. The summed E-state index contributed by atoms with van der Waals surface area (Å²) in [6.07, 6.45) is 6.42. The van der Waals surface area contributed by atoms with Crippen molar-refractivity contribution in [3.63, 3.8) is 0 Å². The van der Waals surface area contributed by atoms with Crippen LogP contribution in [0, 0.1) is 5.82 Å². The normalized spacial score (nSPS) is 17.3. The lowest BCUT2D eigenvalue weighted by Gasteiger charge is -2.41. The molecule has 0 atom stereocenters. The van der Waals surface area contributed by atoms with Crippen LogP contribution in [0.25, 0.3) is 22.6 Å².